The van der Waals surface area contributed by atoms with Crippen LogP contribution in [-0.4, -0.2) is 10.6 Å². The first-order chi connectivity index (χ1) is 7.03. The molecule has 98 valence electrons. The van der Waals surface area contributed by atoms with Gasteiger partial charge in [0.1, 0.15) is 5.75 Å². The Morgan fingerprint density at radius 2 is 1.11 bits per heavy atom. The Balaban J connectivity index is 0. The van der Waals surface area contributed by atoms with Crippen molar-refractivity contribution in [3.63, 3.8) is 0 Å². The largest absolute Gasteiger partial charge is 1.00 e. The predicted molar refractivity (Wildman–Crippen MR) is 72.2 cm³/mol. The molecule has 0 radical (unpaired) electrons. The van der Waals surface area contributed by atoms with Crippen molar-refractivity contribution in [3.8, 4) is 5.75 Å². The monoisotopic (exact) mass is 260 g/mol. The van der Waals surface area contributed by atoms with Crippen molar-refractivity contribution in [1.29, 1.82) is 0 Å². The Kier molecular flexibility index (Phi) is 7.25. The molecule has 0 spiro atoms. The zero-order valence-electron chi connectivity index (χ0n) is 13.0. The topological polar surface area (TPSA) is 50.2 Å². The van der Waals surface area contributed by atoms with Crippen LogP contribution in [0.25, 0.3) is 0 Å². The zero-order valence-corrected chi connectivity index (χ0v) is 15.0. The van der Waals surface area contributed by atoms with Gasteiger partial charge in [-0.15, -0.1) is 0 Å². The maximum absolute atomic E-state index is 10.4. The molecule has 3 heteroatoms. The molecule has 0 aliphatic carbocycles. The number of rotatable bonds is 0. The number of aromatic hydroxyl groups is 1. The van der Waals surface area contributed by atoms with Gasteiger partial charge >= 0.3 is 29.6 Å². The molecular formula is C15H25NaO2. The van der Waals surface area contributed by atoms with E-state index in [2.05, 4.69) is 60.6 Å². The molecule has 2 N–H and O–H groups in total. The van der Waals surface area contributed by atoms with E-state index in [-0.39, 0.29) is 45.9 Å². The SMILES string of the molecule is Cc1cc(C(C)(C)C)c(O)c(C(C)(C)C)c1.[Na+].[OH-]. The maximum atomic E-state index is 10.4. The van der Waals surface area contributed by atoms with Gasteiger partial charge in [-0.05, 0) is 28.9 Å². The second kappa shape index (κ2) is 6.42. The third-order valence-corrected chi connectivity index (χ3v) is 2.87. The summed E-state index contributed by atoms with van der Waals surface area (Å²) in [6, 6.07) is 4.18. The summed E-state index contributed by atoms with van der Waals surface area (Å²) in [5.41, 5.74) is 3.26. The summed E-state index contributed by atoms with van der Waals surface area (Å²) in [5, 5.41) is 10.4. The van der Waals surface area contributed by atoms with Crippen LogP contribution in [0, 0.1) is 6.92 Å². The van der Waals surface area contributed by atoms with E-state index in [1.165, 1.54) is 5.56 Å². The zero-order chi connectivity index (χ0) is 12.7. The Labute approximate surface area is 133 Å². The van der Waals surface area contributed by atoms with Gasteiger partial charge in [0.2, 0.25) is 0 Å². The number of phenols is 1. The van der Waals surface area contributed by atoms with E-state index >= 15 is 0 Å². The molecule has 0 amide bonds. The Hall–Kier alpha value is -0.0200. The molecule has 0 bridgehead atoms. The van der Waals surface area contributed by atoms with Crippen LogP contribution in [-0.2, 0) is 10.8 Å². The summed E-state index contributed by atoms with van der Waals surface area (Å²) < 4.78 is 0. The van der Waals surface area contributed by atoms with Gasteiger partial charge in [-0.1, -0.05) is 59.2 Å². The first-order valence-corrected chi connectivity index (χ1v) is 5.88. The second-order valence-corrected chi connectivity index (χ2v) is 6.71. The predicted octanol–water partition coefficient (Wildman–Crippen LogP) is 1.12. The van der Waals surface area contributed by atoms with Gasteiger partial charge in [0.25, 0.3) is 0 Å². The van der Waals surface area contributed by atoms with Crippen molar-refractivity contribution in [3.05, 3.63) is 28.8 Å². The van der Waals surface area contributed by atoms with Crippen molar-refractivity contribution in [1.82, 2.24) is 0 Å². The van der Waals surface area contributed by atoms with Crippen molar-refractivity contribution in [2.24, 2.45) is 0 Å². The van der Waals surface area contributed by atoms with Gasteiger partial charge in [-0.25, -0.2) is 0 Å². The molecule has 0 aromatic heterocycles. The summed E-state index contributed by atoms with van der Waals surface area (Å²) in [5.74, 6) is 0.464. The molecule has 0 aliphatic rings. The Morgan fingerprint density at radius 1 is 0.833 bits per heavy atom. The van der Waals surface area contributed by atoms with Crippen LogP contribution in [0.2, 0.25) is 0 Å². The second-order valence-electron chi connectivity index (χ2n) is 6.71. The Morgan fingerprint density at radius 3 is 1.33 bits per heavy atom. The van der Waals surface area contributed by atoms with Crippen LogP contribution in [0.3, 0.4) is 0 Å². The first-order valence-electron chi connectivity index (χ1n) is 5.88. The number of aryl methyl sites for hydroxylation is 1. The standard InChI is InChI=1S/C15H24O.Na.H2O/c1-10-8-11(14(2,3)4)13(16)12(9-10)15(5,6)7;;/h8-9,16H,1-7H3;;1H2/q;+1;/p-1. The fraction of sp³-hybridized carbons (Fsp3) is 0.600. The van der Waals surface area contributed by atoms with Gasteiger partial charge in [0.05, 0.1) is 0 Å². The smallest absolute Gasteiger partial charge is 0.870 e. The minimum Gasteiger partial charge on any atom is -0.870 e. The molecule has 0 saturated heterocycles. The van der Waals surface area contributed by atoms with Gasteiger partial charge in [-0.2, -0.15) is 0 Å². The molecule has 1 aromatic carbocycles. The fourth-order valence-electron chi connectivity index (χ4n) is 1.92. The minimum atomic E-state index is -0.0178. The number of phenolic OH excluding ortho intramolecular Hbond substituents is 1. The minimum absolute atomic E-state index is 0. The van der Waals surface area contributed by atoms with Crippen molar-refractivity contribution in [2.45, 2.75) is 59.3 Å². The molecule has 0 aliphatic heterocycles. The molecule has 0 fully saturated rings. The van der Waals surface area contributed by atoms with Crippen LogP contribution in [0.15, 0.2) is 12.1 Å². The van der Waals surface area contributed by atoms with E-state index in [0.717, 1.165) is 11.1 Å². The number of hydrogen-bond donors (Lipinski definition) is 1. The van der Waals surface area contributed by atoms with Gasteiger partial charge < -0.3 is 10.6 Å². The quantitative estimate of drug-likeness (QED) is 0.711. The fourth-order valence-corrected chi connectivity index (χ4v) is 1.92. The van der Waals surface area contributed by atoms with E-state index in [9.17, 15) is 5.11 Å². The third kappa shape index (κ3) is 4.58. The molecule has 0 heterocycles. The first kappa shape index (κ1) is 20.3. The average molecular weight is 260 g/mol. The van der Waals surface area contributed by atoms with Gasteiger partial charge in [-0.3, -0.25) is 0 Å². The molecular weight excluding hydrogens is 235 g/mol. The van der Waals surface area contributed by atoms with E-state index in [4.69, 9.17) is 0 Å². The van der Waals surface area contributed by atoms with Gasteiger partial charge in [0, 0.05) is 0 Å². The van der Waals surface area contributed by atoms with E-state index in [0.29, 0.717) is 5.75 Å². The van der Waals surface area contributed by atoms with Crippen molar-refractivity contribution < 1.29 is 40.1 Å². The molecule has 0 unspecified atom stereocenters. The number of benzene rings is 1. The summed E-state index contributed by atoms with van der Waals surface area (Å²) in [4.78, 5) is 0. The summed E-state index contributed by atoms with van der Waals surface area (Å²) in [7, 11) is 0. The van der Waals surface area contributed by atoms with Crippen LogP contribution < -0.4 is 29.6 Å². The van der Waals surface area contributed by atoms with Crippen molar-refractivity contribution in [2.75, 3.05) is 0 Å². The molecule has 0 atom stereocenters. The molecule has 18 heavy (non-hydrogen) atoms. The van der Waals surface area contributed by atoms with Crippen LogP contribution >= 0.6 is 0 Å². The Bertz CT molecular complexity index is 363. The summed E-state index contributed by atoms with van der Waals surface area (Å²) >= 11 is 0. The van der Waals surface area contributed by atoms with Crippen molar-refractivity contribution >= 4 is 0 Å². The van der Waals surface area contributed by atoms with E-state index in [1.807, 2.05) is 0 Å². The van der Waals surface area contributed by atoms with Gasteiger partial charge in [0.15, 0.2) is 0 Å². The maximum Gasteiger partial charge on any atom is 1.00 e. The van der Waals surface area contributed by atoms with E-state index < -0.39 is 0 Å². The number of hydrogen-bond acceptors (Lipinski definition) is 2. The average Bonchev–Trinajstić information content (AvgIpc) is 2.04. The molecule has 1 rings (SSSR count). The molecule has 0 saturated carbocycles. The summed E-state index contributed by atoms with van der Waals surface area (Å²) in [6.45, 7) is 14.9. The normalized spacial score (nSPS) is 11.5. The van der Waals surface area contributed by atoms with E-state index in [1.54, 1.807) is 0 Å². The van der Waals surface area contributed by atoms with Crippen LogP contribution in [0.1, 0.15) is 58.2 Å². The van der Waals surface area contributed by atoms with Crippen LogP contribution in [0.5, 0.6) is 5.75 Å². The molecule has 2 nitrogen and oxygen atoms in total. The summed E-state index contributed by atoms with van der Waals surface area (Å²) in [6.07, 6.45) is 0. The van der Waals surface area contributed by atoms with Crippen LogP contribution in [0.4, 0.5) is 0 Å². The third-order valence-electron chi connectivity index (χ3n) is 2.87. The molecule has 1 aromatic rings.